The van der Waals surface area contributed by atoms with Gasteiger partial charge < -0.3 is 5.32 Å². The summed E-state index contributed by atoms with van der Waals surface area (Å²) in [5.74, 6) is -0.402. The summed E-state index contributed by atoms with van der Waals surface area (Å²) in [6.45, 7) is 4.84. The molecule has 1 N–H and O–H groups in total. The minimum atomic E-state index is -0.581. The number of aromatic nitrogens is 2. The van der Waals surface area contributed by atoms with Crippen LogP contribution in [0.25, 0.3) is 0 Å². The molecule has 0 radical (unpaired) electrons. The van der Waals surface area contributed by atoms with E-state index in [0.717, 1.165) is 10.2 Å². The zero-order valence-corrected chi connectivity index (χ0v) is 15.4. The number of hydrogen-bond acceptors (Lipinski definition) is 4. The summed E-state index contributed by atoms with van der Waals surface area (Å²) in [4.78, 5) is 24.5. The van der Waals surface area contributed by atoms with Crippen molar-refractivity contribution in [2.24, 2.45) is 0 Å². The van der Waals surface area contributed by atoms with Gasteiger partial charge >= 0.3 is 0 Å². The second-order valence-corrected chi connectivity index (χ2v) is 6.44. The molecule has 8 heteroatoms. The molecule has 0 fully saturated rings. The molecule has 0 aliphatic carbocycles. The lowest BCUT2D eigenvalue weighted by Crippen LogP contribution is -2.36. The van der Waals surface area contributed by atoms with Gasteiger partial charge in [0.05, 0.1) is 21.8 Å². The van der Waals surface area contributed by atoms with Gasteiger partial charge in [0.1, 0.15) is 18.2 Å². The van der Waals surface area contributed by atoms with E-state index in [-0.39, 0.29) is 18.2 Å². The molecular formula is C17H16Cl2N4O2. The topological polar surface area (TPSA) is 87.8 Å². The smallest absolute Gasteiger partial charge is 0.285 e. The SMILES string of the molecule is Cc1nn(CC(=O)NC(C)c2ccc(Cl)c(Cl)c2)c(=O)c(C#N)c1C. The lowest BCUT2D eigenvalue weighted by atomic mass is 10.1. The number of carbonyl (C=O) groups is 1. The second kappa shape index (κ2) is 7.68. The Bertz CT molecular complexity index is 931. The van der Waals surface area contributed by atoms with E-state index < -0.39 is 11.5 Å². The first-order valence-electron chi connectivity index (χ1n) is 7.47. The molecule has 1 heterocycles. The number of rotatable bonds is 4. The molecule has 130 valence electrons. The minimum Gasteiger partial charge on any atom is -0.348 e. The van der Waals surface area contributed by atoms with Gasteiger partial charge in [-0.2, -0.15) is 10.4 Å². The van der Waals surface area contributed by atoms with Crippen molar-refractivity contribution < 1.29 is 4.79 Å². The van der Waals surface area contributed by atoms with Gasteiger partial charge in [-0.3, -0.25) is 9.59 Å². The summed E-state index contributed by atoms with van der Waals surface area (Å²) in [5, 5.41) is 16.8. The quantitative estimate of drug-likeness (QED) is 0.885. The Morgan fingerprint density at radius 3 is 2.64 bits per heavy atom. The normalized spacial score (nSPS) is 11.7. The Morgan fingerprint density at radius 2 is 2.04 bits per heavy atom. The van der Waals surface area contributed by atoms with Gasteiger partial charge in [0.25, 0.3) is 5.56 Å². The van der Waals surface area contributed by atoms with Crippen LogP contribution in [0.4, 0.5) is 0 Å². The van der Waals surface area contributed by atoms with Crippen LogP contribution in [0.1, 0.15) is 35.3 Å². The van der Waals surface area contributed by atoms with Crippen LogP contribution in [0.3, 0.4) is 0 Å². The molecule has 1 atom stereocenters. The first kappa shape index (κ1) is 19.0. The summed E-state index contributed by atoms with van der Waals surface area (Å²) >= 11 is 11.9. The number of carbonyl (C=O) groups excluding carboxylic acids is 1. The molecule has 1 aromatic heterocycles. The maximum Gasteiger partial charge on any atom is 0.285 e. The van der Waals surface area contributed by atoms with E-state index in [2.05, 4.69) is 10.4 Å². The van der Waals surface area contributed by atoms with E-state index in [1.165, 1.54) is 0 Å². The van der Waals surface area contributed by atoms with Gasteiger partial charge in [0.2, 0.25) is 5.91 Å². The van der Waals surface area contributed by atoms with Crippen molar-refractivity contribution in [1.82, 2.24) is 15.1 Å². The van der Waals surface area contributed by atoms with Crippen LogP contribution < -0.4 is 10.9 Å². The molecular weight excluding hydrogens is 363 g/mol. The molecule has 1 unspecified atom stereocenters. The van der Waals surface area contributed by atoms with Crippen molar-refractivity contribution in [3.05, 3.63) is 61.0 Å². The molecule has 0 saturated carbocycles. The minimum absolute atomic E-state index is 0.00201. The summed E-state index contributed by atoms with van der Waals surface area (Å²) in [6.07, 6.45) is 0. The molecule has 25 heavy (non-hydrogen) atoms. The van der Waals surface area contributed by atoms with Crippen LogP contribution in [0.15, 0.2) is 23.0 Å². The Morgan fingerprint density at radius 1 is 1.36 bits per heavy atom. The van der Waals surface area contributed by atoms with Crippen molar-refractivity contribution in [2.45, 2.75) is 33.4 Å². The third kappa shape index (κ3) is 4.19. The van der Waals surface area contributed by atoms with E-state index in [1.54, 1.807) is 39.0 Å². The number of benzene rings is 1. The summed E-state index contributed by atoms with van der Waals surface area (Å²) in [5.41, 5.74) is 1.25. The van der Waals surface area contributed by atoms with Gasteiger partial charge in [-0.1, -0.05) is 29.3 Å². The van der Waals surface area contributed by atoms with Crippen LogP contribution in [0, 0.1) is 25.2 Å². The average molecular weight is 379 g/mol. The summed E-state index contributed by atoms with van der Waals surface area (Å²) < 4.78 is 0.998. The van der Waals surface area contributed by atoms with Crippen molar-refractivity contribution in [3.8, 4) is 6.07 Å². The molecule has 2 aromatic rings. The molecule has 1 aromatic carbocycles. The van der Waals surface area contributed by atoms with Crippen molar-refractivity contribution >= 4 is 29.1 Å². The van der Waals surface area contributed by atoms with Gasteiger partial charge in [-0.05, 0) is 44.0 Å². The molecule has 0 aliphatic heterocycles. The van der Waals surface area contributed by atoms with Gasteiger partial charge in [0, 0.05) is 0 Å². The third-order valence-electron chi connectivity index (χ3n) is 3.86. The highest BCUT2D eigenvalue weighted by Gasteiger charge is 2.16. The van der Waals surface area contributed by atoms with Crippen LogP contribution in [0.2, 0.25) is 10.0 Å². The Balaban J connectivity index is 2.18. The van der Waals surface area contributed by atoms with E-state index in [4.69, 9.17) is 28.5 Å². The van der Waals surface area contributed by atoms with E-state index in [9.17, 15) is 9.59 Å². The van der Waals surface area contributed by atoms with Gasteiger partial charge in [-0.15, -0.1) is 0 Å². The van der Waals surface area contributed by atoms with Crippen LogP contribution >= 0.6 is 23.2 Å². The number of nitrogens with zero attached hydrogens (tertiary/aromatic N) is 3. The Kier molecular flexibility index (Phi) is 5.83. The first-order valence-corrected chi connectivity index (χ1v) is 8.23. The van der Waals surface area contributed by atoms with Crippen LogP contribution in [-0.2, 0) is 11.3 Å². The fourth-order valence-corrected chi connectivity index (χ4v) is 2.61. The van der Waals surface area contributed by atoms with Gasteiger partial charge in [0.15, 0.2) is 0 Å². The van der Waals surface area contributed by atoms with Crippen LogP contribution in [-0.4, -0.2) is 15.7 Å². The maximum absolute atomic E-state index is 12.2. The molecule has 0 bridgehead atoms. The average Bonchev–Trinajstić information content (AvgIpc) is 2.55. The maximum atomic E-state index is 12.2. The van der Waals surface area contributed by atoms with Crippen LogP contribution in [0.5, 0.6) is 0 Å². The second-order valence-electron chi connectivity index (χ2n) is 5.62. The van der Waals surface area contributed by atoms with E-state index in [1.807, 2.05) is 6.07 Å². The fraction of sp³-hybridized carbons (Fsp3) is 0.294. The number of hydrogen-bond donors (Lipinski definition) is 1. The number of aryl methyl sites for hydroxylation is 1. The number of halogens is 2. The van der Waals surface area contributed by atoms with Crippen molar-refractivity contribution in [1.29, 1.82) is 5.26 Å². The molecule has 0 aliphatic rings. The summed E-state index contributed by atoms with van der Waals surface area (Å²) in [7, 11) is 0. The molecule has 1 amide bonds. The monoisotopic (exact) mass is 378 g/mol. The fourth-order valence-electron chi connectivity index (χ4n) is 2.30. The molecule has 0 spiro atoms. The lowest BCUT2D eigenvalue weighted by molar-refractivity contribution is -0.122. The molecule has 2 rings (SSSR count). The lowest BCUT2D eigenvalue weighted by Gasteiger charge is -2.16. The number of amides is 1. The molecule has 0 saturated heterocycles. The first-order chi connectivity index (χ1) is 11.7. The Labute approximate surface area is 155 Å². The zero-order chi connectivity index (χ0) is 18.7. The highest BCUT2D eigenvalue weighted by atomic mass is 35.5. The highest BCUT2D eigenvalue weighted by Crippen LogP contribution is 2.25. The van der Waals surface area contributed by atoms with Gasteiger partial charge in [-0.25, -0.2) is 4.68 Å². The highest BCUT2D eigenvalue weighted by molar-refractivity contribution is 6.42. The molecule has 6 nitrogen and oxygen atoms in total. The summed E-state index contributed by atoms with van der Waals surface area (Å²) in [6, 6.07) is 6.61. The predicted octanol–water partition coefficient (Wildman–Crippen LogP) is 2.92. The standard InChI is InChI=1S/C17H16Cl2N4O2/c1-9-10(2)22-23(17(25)13(9)7-20)8-16(24)21-11(3)12-4-5-14(18)15(19)6-12/h4-6,11H,8H2,1-3H3,(H,21,24). The predicted molar refractivity (Wildman–Crippen MR) is 95.7 cm³/mol. The third-order valence-corrected chi connectivity index (χ3v) is 4.60. The van der Waals surface area contributed by atoms with Crippen molar-refractivity contribution in [3.63, 3.8) is 0 Å². The van der Waals surface area contributed by atoms with Crippen molar-refractivity contribution in [2.75, 3.05) is 0 Å². The van der Waals surface area contributed by atoms with E-state index >= 15 is 0 Å². The Hall–Kier alpha value is -2.36. The number of nitriles is 1. The zero-order valence-electron chi connectivity index (χ0n) is 13.9. The largest absolute Gasteiger partial charge is 0.348 e. The number of nitrogens with one attached hydrogen (secondary N) is 1. The van der Waals surface area contributed by atoms with E-state index in [0.29, 0.717) is 21.3 Å².